The van der Waals surface area contributed by atoms with E-state index < -0.39 is 23.9 Å². The summed E-state index contributed by atoms with van der Waals surface area (Å²) in [4.78, 5) is 10.6. The van der Waals surface area contributed by atoms with E-state index in [1.165, 1.54) is 0 Å². The van der Waals surface area contributed by atoms with Gasteiger partial charge in [0.1, 0.15) is 0 Å². The van der Waals surface area contributed by atoms with E-state index in [1.54, 1.807) is 0 Å². The van der Waals surface area contributed by atoms with Crippen molar-refractivity contribution < 1.29 is 18.0 Å². The van der Waals surface area contributed by atoms with Crippen LogP contribution in [0.15, 0.2) is 0 Å². The van der Waals surface area contributed by atoms with E-state index in [0.717, 1.165) is 0 Å². The van der Waals surface area contributed by atoms with Gasteiger partial charge in [0.2, 0.25) is 5.91 Å². The number of hydrogen-bond donors (Lipinski definition) is 1. The molecule has 1 amide bonds. The number of amides is 1. The summed E-state index contributed by atoms with van der Waals surface area (Å²) >= 11 is 0. The van der Waals surface area contributed by atoms with Crippen molar-refractivity contribution in [1.82, 2.24) is 5.32 Å². The van der Waals surface area contributed by atoms with Crippen LogP contribution in [0.25, 0.3) is 0 Å². The highest BCUT2D eigenvalue weighted by Crippen LogP contribution is 2.59. The molecule has 1 saturated carbocycles. The number of alkyl halides is 3. The van der Waals surface area contributed by atoms with E-state index in [9.17, 15) is 18.0 Å². The van der Waals surface area contributed by atoms with Crippen LogP contribution >= 0.6 is 0 Å². The second kappa shape index (κ2) is 2.64. The summed E-state index contributed by atoms with van der Waals surface area (Å²) in [5.74, 6) is -0.648. The normalized spacial score (nSPS) is 20.3. The minimum Gasteiger partial charge on any atom is -0.354 e. The summed E-state index contributed by atoms with van der Waals surface area (Å²) < 4.78 is 36.6. The Morgan fingerprint density at radius 3 is 2.25 bits per heavy atom. The van der Waals surface area contributed by atoms with Gasteiger partial charge < -0.3 is 5.32 Å². The van der Waals surface area contributed by atoms with Crippen molar-refractivity contribution in [3.8, 4) is 0 Å². The molecule has 1 aliphatic carbocycles. The number of carbonyl (C=O) groups is 1. The summed E-state index contributed by atoms with van der Waals surface area (Å²) in [5.41, 5.74) is -1.74. The molecule has 0 aliphatic heterocycles. The van der Waals surface area contributed by atoms with Crippen molar-refractivity contribution in [2.45, 2.75) is 25.4 Å². The fourth-order valence-corrected chi connectivity index (χ4v) is 1.08. The molecule has 0 spiro atoms. The van der Waals surface area contributed by atoms with Crippen molar-refractivity contribution in [3.63, 3.8) is 0 Å². The van der Waals surface area contributed by atoms with Crippen molar-refractivity contribution in [3.05, 3.63) is 7.05 Å². The molecule has 0 aromatic heterocycles. The van der Waals surface area contributed by atoms with Crippen LogP contribution in [0.2, 0.25) is 0 Å². The first-order valence-electron chi connectivity index (χ1n) is 3.54. The smallest absolute Gasteiger partial charge is 0.354 e. The first-order valence-corrected chi connectivity index (χ1v) is 3.54. The highest BCUT2D eigenvalue weighted by atomic mass is 19.4. The van der Waals surface area contributed by atoms with Gasteiger partial charge in [0.15, 0.2) is 0 Å². The Balaban J connectivity index is 2.56. The van der Waals surface area contributed by atoms with Gasteiger partial charge in [0.05, 0.1) is 5.41 Å². The Bertz CT molecular complexity index is 195. The van der Waals surface area contributed by atoms with Gasteiger partial charge in [-0.15, -0.1) is 0 Å². The van der Waals surface area contributed by atoms with E-state index >= 15 is 0 Å². The molecule has 5 heteroatoms. The summed E-state index contributed by atoms with van der Waals surface area (Å²) in [6, 6.07) is 0. The Hall–Kier alpha value is -0.740. The zero-order valence-corrected chi connectivity index (χ0v) is 6.37. The molecular weight excluding hydrogens is 171 g/mol. The van der Waals surface area contributed by atoms with Crippen molar-refractivity contribution in [2.75, 3.05) is 0 Å². The third-order valence-electron chi connectivity index (χ3n) is 2.15. The topological polar surface area (TPSA) is 29.1 Å². The molecule has 0 aromatic rings. The highest BCUT2D eigenvalue weighted by Gasteiger charge is 2.63. The van der Waals surface area contributed by atoms with Crippen molar-refractivity contribution in [2.24, 2.45) is 5.41 Å². The first kappa shape index (κ1) is 9.35. The molecule has 1 rings (SSSR count). The lowest BCUT2D eigenvalue weighted by Gasteiger charge is -2.17. The van der Waals surface area contributed by atoms with Crippen LogP contribution in [-0.2, 0) is 4.79 Å². The zero-order chi connectivity index (χ0) is 9.41. The summed E-state index contributed by atoms with van der Waals surface area (Å²) in [7, 11) is 3.01. The lowest BCUT2D eigenvalue weighted by atomic mass is 10.0. The molecule has 2 nitrogen and oxygen atoms in total. The molecule has 0 atom stereocenters. The lowest BCUT2D eigenvalue weighted by molar-refractivity contribution is -0.190. The SMILES string of the molecule is [CH2]NC(=O)CC1(C(F)(F)F)CC1. The average Bonchev–Trinajstić information content (AvgIpc) is 2.67. The Labute approximate surface area is 68.1 Å². The van der Waals surface area contributed by atoms with Gasteiger partial charge in [0, 0.05) is 13.5 Å². The second-order valence-electron chi connectivity index (χ2n) is 3.05. The maximum Gasteiger partial charge on any atom is 0.395 e. The van der Waals surface area contributed by atoms with E-state index in [4.69, 9.17) is 0 Å². The predicted octanol–water partition coefficient (Wildman–Crippen LogP) is 1.63. The fourth-order valence-electron chi connectivity index (χ4n) is 1.08. The van der Waals surface area contributed by atoms with Crippen LogP contribution in [0.5, 0.6) is 0 Å². The summed E-state index contributed by atoms with van der Waals surface area (Å²) in [6.45, 7) is 0. The van der Waals surface area contributed by atoms with E-state index in [-0.39, 0.29) is 12.8 Å². The fraction of sp³-hybridized carbons (Fsp3) is 0.714. The summed E-state index contributed by atoms with van der Waals surface area (Å²) in [6.07, 6.45) is -4.62. The van der Waals surface area contributed by atoms with Gasteiger partial charge in [-0.2, -0.15) is 13.2 Å². The molecule has 69 valence electrons. The molecule has 1 radical (unpaired) electrons. The van der Waals surface area contributed by atoms with Crippen molar-refractivity contribution in [1.29, 1.82) is 0 Å². The molecule has 0 heterocycles. The molecule has 0 saturated heterocycles. The molecule has 0 aromatic carbocycles. The molecule has 1 N–H and O–H groups in total. The Morgan fingerprint density at radius 2 is 2.00 bits per heavy atom. The zero-order valence-electron chi connectivity index (χ0n) is 6.37. The van der Waals surface area contributed by atoms with Crippen LogP contribution in [0.4, 0.5) is 13.2 Å². The van der Waals surface area contributed by atoms with Gasteiger partial charge in [-0.05, 0) is 12.8 Å². The molecule has 12 heavy (non-hydrogen) atoms. The van der Waals surface area contributed by atoms with Crippen LogP contribution in [0.1, 0.15) is 19.3 Å². The predicted molar refractivity (Wildman–Crippen MR) is 35.8 cm³/mol. The first-order chi connectivity index (χ1) is 5.41. The lowest BCUT2D eigenvalue weighted by Crippen LogP contribution is -2.30. The van der Waals surface area contributed by atoms with Crippen LogP contribution in [0.3, 0.4) is 0 Å². The quantitative estimate of drug-likeness (QED) is 0.687. The number of halogens is 3. The molecule has 1 aliphatic rings. The minimum absolute atomic E-state index is 0.0594. The standard InChI is InChI=1S/C7H9F3NO/c1-11-5(12)4-6(2-3-6)7(8,9)10/h1-4H2,(H,11,12). The van der Waals surface area contributed by atoms with E-state index in [0.29, 0.717) is 0 Å². The molecular formula is C7H9F3NO. The van der Waals surface area contributed by atoms with E-state index in [1.807, 2.05) is 5.32 Å². The number of rotatable bonds is 2. The van der Waals surface area contributed by atoms with Crippen LogP contribution in [-0.4, -0.2) is 12.1 Å². The number of nitrogens with one attached hydrogen (secondary N) is 1. The number of carbonyl (C=O) groups excluding carboxylic acids is 1. The average molecular weight is 180 g/mol. The third kappa shape index (κ3) is 1.54. The third-order valence-corrected chi connectivity index (χ3v) is 2.15. The largest absolute Gasteiger partial charge is 0.395 e. The maximum absolute atomic E-state index is 12.2. The second-order valence-corrected chi connectivity index (χ2v) is 3.05. The van der Waals surface area contributed by atoms with Gasteiger partial charge in [-0.3, -0.25) is 4.79 Å². The molecule has 1 fully saturated rings. The summed E-state index contributed by atoms with van der Waals surface area (Å²) in [5, 5.41) is 1.94. The van der Waals surface area contributed by atoms with Gasteiger partial charge in [-0.1, -0.05) is 0 Å². The highest BCUT2D eigenvalue weighted by molar-refractivity contribution is 5.77. The van der Waals surface area contributed by atoms with Crippen molar-refractivity contribution >= 4 is 5.91 Å². The minimum atomic E-state index is -4.25. The molecule has 0 bridgehead atoms. The Morgan fingerprint density at radius 1 is 1.50 bits per heavy atom. The van der Waals surface area contributed by atoms with Gasteiger partial charge >= 0.3 is 6.18 Å². The number of hydrogen-bond acceptors (Lipinski definition) is 1. The maximum atomic E-state index is 12.2. The van der Waals surface area contributed by atoms with Gasteiger partial charge in [0.25, 0.3) is 0 Å². The van der Waals surface area contributed by atoms with Gasteiger partial charge in [-0.25, -0.2) is 0 Å². The Kier molecular flexibility index (Phi) is 2.06. The monoisotopic (exact) mass is 180 g/mol. The van der Waals surface area contributed by atoms with Crippen LogP contribution < -0.4 is 5.32 Å². The molecule has 0 unspecified atom stereocenters. The van der Waals surface area contributed by atoms with E-state index in [2.05, 4.69) is 7.05 Å². The van der Waals surface area contributed by atoms with Crippen LogP contribution in [0, 0.1) is 12.5 Å².